The summed E-state index contributed by atoms with van der Waals surface area (Å²) in [6.07, 6.45) is -5.54. The van der Waals surface area contributed by atoms with Crippen molar-refractivity contribution in [1.82, 2.24) is 5.32 Å². The second-order valence-electron chi connectivity index (χ2n) is 5.15. The predicted octanol–water partition coefficient (Wildman–Crippen LogP) is 1.16. The molecule has 6 nitrogen and oxygen atoms in total. The van der Waals surface area contributed by atoms with E-state index in [4.69, 9.17) is 9.47 Å². The third-order valence-corrected chi connectivity index (χ3v) is 5.27. The van der Waals surface area contributed by atoms with Crippen LogP contribution in [0.5, 0.6) is 0 Å². The average molecular weight is 355 g/mol. The van der Waals surface area contributed by atoms with Crippen LogP contribution in [0.1, 0.15) is 12.8 Å². The number of hydrogen-bond donors (Lipinski definition) is 2. The molecule has 10 heteroatoms. The summed E-state index contributed by atoms with van der Waals surface area (Å²) in [6.45, 7) is 0. The number of nitrogens with one attached hydrogen (secondary N) is 1. The molecule has 0 aromatic heterocycles. The number of carbonyl (C=O) groups excluding carboxylic acids is 2. The molecule has 130 valence electrons. The third-order valence-electron chi connectivity index (χ3n) is 3.88. The van der Waals surface area contributed by atoms with Crippen LogP contribution in [0, 0.1) is 11.8 Å². The minimum Gasteiger partial charge on any atom is -0.469 e. The van der Waals surface area contributed by atoms with Gasteiger partial charge in [0, 0.05) is 7.11 Å². The summed E-state index contributed by atoms with van der Waals surface area (Å²) in [4.78, 5) is 23.7. The van der Waals surface area contributed by atoms with E-state index in [0.29, 0.717) is 23.3 Å². The second kappa shape index (κ2) is 6.70. The van der Waals surface area contributed by atoms with E-state index in [1.165, 1.54) is 14.2 Å². The van der Waals surface area contributed by atoms with Crippen molar-refractivity contribution in [2.45, 2.75) is 30.7 Å². The normalized spacial score (nSPS) is 28.5. The Bertz CT molecular complexity index is 536. The van der Waals surface area contributed by atoms with Crippen LogP contribution in [0.2, 0.25) is 0 Å². The van der Waals surface area contributed by atoms with Crippen LogP contribution in [0.15, 0.2) is 10.5 Å². The van der Waals surface area contributed by atoms with Crippen molar-refractivity contribution < 1.29 is 37.3 Å². The molecular formula is C13H16F3NO5S. The fourth-order valence-corrected chi connectivity index (χ4v) is 4.42. The Balaban J connectivity index is 2.25. The Morgan fingerprint density at radius 2 is 2.04 bits per heavy atom. The largest absolute Gasteiger partial charge is 0.471 e. The number of halogens is 3. The highest BCUT2D eigenvalue weighted by Crippen LogP contribution is 2.53. The quantitative estimate of drug-likeness (QED) is 0.581. The van der Waals surface area contributed by atoms with E-state index in [-0.39, 0.29) is 0 Å². The fraction of sp³-hybridized carbons (Fsp3) is 0.692. The molecule has 0 aromatic carbocycles. The number of aliphatic hydroxyl groups excluding tert-OH is 1. The first-order valence-electron chi connectivity index (χ1n) is 6.76. The first-order valence-corrected chi connectivity index (χ1v) is 7.64. The molecule has 4 unspecified atom stereocenters. The van der Waals surface area contributed by atoms with Gasteiger partial charge in [0.05, 0.1) is 24.3 Å². The van der Waals surface area contributed by atoms with Gasteiger partial charge in [0.25, 0.3) is 0 Å². The number of amides is 1. The van der Waals surface area contributed by atoms with Gasteiger partial charge in [-0.2, -0.15) is 13.2 Å². The molecule has 2 N–H and O–H groups in total. The standard InChI is InChI=1S/C13H16F3NO5S/c1-21-10(18)5-3-4-6-7(5)8(11(19)22-2)9(23-6)17-12(20)13(14,15)16/h5,8-9,11,19H,3-4H2,1-2H3,(H,17,20). The van der Waals surface area contributed by atoms with Crippen molar-refractivity contribution in [3.8, 4) is 0 Å². The maximum absolute atomic E-state index is 12.5. The van der Waals surface area contributed by atoms with E-state index in [0.717, 1.165) is 11.8 Å². The highest BCUT2D eigenvalue weighted by Gasteiger charge is 2.50. The number of carbonyl (C=O) groups is 2. The molecule has 0 bridgehead atoms. The highest BCUT2D eigenvalue weighted by molar-refractivity contribution is 8.04. The highest BCUT2D eigenvalue weighted by atomic mass is 32.2. The number of methoxy groups -OCH3 is 2. The summed E-state index contributed by atoms with van der Waals surface area (Å²) in [5.74, 6) is -4.21. The minimum absolute atomic E-state index is 0.456. The van der Waals surface area contributed by atoms with E-state index in [2.05, 4.69) is 0 Å². The van der Waals surface area contributed by atoms with Crippen molar-refractivity contribution in [2.75, 3.05) is 14.2 Å². The zero-order valence-corrected chi connectivity index (χ0v) is 13.2. The van der Waals surface area contributed by atoms with E-state index in [1.807, 2.05) is 5.32 Å². The zero-order chi connectivity index (χ0) is 17.4. The number of esters is 1. The van der Waals surface area contributed by atoms with Gasteiger partial charge in [-0.15, -0.1) is 11.8 Å². The number of aliphatic hydroxyl groups is 1. The number of ether oxygens (including phenoxy) is 2. The van der Waals surface area contributed by atoms with Gasteiger partial charge < -0.3 is 19.9 Å². The molecular weight excluding hydrogens is 339 g/mol. The fourth-order valence-electron chi connectivity index (χ4n) is 2.87. The minimum atomic E-state index is -5.03. The Morgan fingerprint density at radius 1 is 1.39 bits per heavy atom. The lowest BCUT2D eigenvalue weighted by atomic mass is 9.89. The molecule has 1 amide bonds. The van der Waals surface area contributed by atoms with Crippen LogP contribution in [0.4, 0.5) is 13.2 Å². The van der Waals surface area contributed by atoms with E-state index < -0.39 is 41.6 Å². The first kappa shape index (κ1) is 18.1. The molecule has 4 atom stereocenters. The van der Waals surface area contributed by atoms with Gasteiger partial charge in [0.1, 0.15) is 0 Å². The molecule has 0 aromatic rings. The van der Waals surface area contributed by atoms with Crippen molar-refractivity contribution in [2.24, 2.45) is 11.8 Å². The summed E-state index contributed by atoms with van der Waals surface area (Å²) in [5, 5.41) is 10.8. The second-order valence-corrected chi connectivity index (χ2v) is 6.39. The Kier molecular flexibility index (Phi) is 5.27. The van der Waals surface area contributed by atoms with Crippen molar-refractivity contribution >= 4 is 23.6 Å². The number of hydrogen-bond acceptors (Lipinski definition) is 6. The predicted molar refractivity (Wildman–Crippen MR) is 73.8 cm³/mol. The molecule has 1 aliphatic heterocycles. The summed E-state index contributed by atoms with van der Waals surface area (Å²) >= 11 is 1.01. The number of alkyl halides is 3. The molecule has 1 heterocycles. The van der Waals surface area contributed by atoms with Crippen molar-refractivity contribution in [3.05, 3.63) is 10.5 Å². The average Bonchev–Trinajstić information content (AvgIpc) is 3.03. The topological polar surface area (TPSA) is 84.9 Å². The summed E-state index contributed by atoms with van der Waals surface area (Å²) in [7, 11) is 2.41. The molecule has 0 fully saturated rings. The number of thioether (sulfide) groups is 1. The van der Waals surface area contributed by atoms with Crippen molar-refractivity contribution in [3.63, 3.8) is 0 Å². The van der Waals surface area contributed by atoms with Crippen molar-refractivity contribution in [1.29, 1.82) is 0 Å². The molecule has 1 aliphatic carbocycles. The molecule has 0 radical (unpaired) electrons. The molecule has 2 aliphatic rings. The van der Waals surface area contributed by atoms with Crippen LogP contribution in [-0.2, 0) is 19.1 Å². The Labute approximate surface area is 134 Å². The lowest BCUT2D eigenvalue weighted by molar-refractivity contribution is -0.175. The maximum atomic E-state index is 12.5. The van der Waals surface area contributed by atoms with Gasteiger partial charge in [-0.3, -0.25) is 9.59 Å². The first-order chi connectivity index (χ1) is 10.7. The van der Waals surface area contributed by atoms with Gasteiger partial charge in [-0.05, 0) is 23.3 Å². The van der Waals surface area contributed by atoms with Gasteiger partial charge in [-0.1, -0.05) is 0 Å². The van der Waals surface area contributed by atoms with Gasteiger partial charge in [0.2, 0.25) is 0 Å². The molecule has 2 rings (SSSR count). The van der Waals surface area contributed by atoms with Gasteiger partial charge in [-0.25, -0.2) is 0 Å². The monoisotopic (exact) mass is 355 g/mol. The smallest absolute Gasteiger partial charge is 0.469 e. The van der Waals surface area contributed by atoms with Gasteiger partial charge in [0.15, 0.2) is 6.29 Å². The molecule has 0 saturated carbocycles. The van der Waals surface area contributed by atoms with Crippen LogP contribution >= 0.6 is 11.8 Å². The van der Waals surface area contributed by atoms with E-state index >= 15 is 0 Å². The van der Waals surface area contributed by atoms with Crippen LogP contribution in [-0.4, -0.2) is 49.0 Å². The van der Waals surface area contributed by atoms with Gasteiger partial charge >= 0.3 is 18.1 Å². The number of allylic oxidation sites excluding steroid dienone is 1. The molecule has 23 heavy (non-hydrogen) atoms. The van der Waals surface area contributed by atoms with E-state index in [9.17, 15) is 27.9 Å². The zero-order valence-electron chi connectivity index (χ0n) is 12.3. The lowest BCUT2D eigenvalue weighted by Crippen LogP contribution is -2.47. The SMILES string of the molecule is COC(=O)C1CCC2=C1C(C(O)OC)C(NC(=O)C(F)(F)F)S2. The lowest BCUT2D eigenvalue weighted by Gasteiger charge is -2.29. The molecule has 0 saturated heterocycles. The van der Waals surface area contributed by atoms with E-state index in [1.54, 1.807) is 0 Å². The summed E-state index contributed by atoms with van der Waals surface area (Å²) in [5.41, 5.74) is 0.490. The summed E-state index contributed by atoms with van der Waals surface area (Å²) < 4.78 is 46.9. The Hall–Kier alpha value is -1.26. The maximum Gasteiger partial charge on any atom is 0.471 e. The van der Waals surface area contributed by atoms with Crippen LogP contribution in [0.25, 0.3) is 0 Å². The number of rotatable bonds is 4. The Morgan fingerprint density at radius 3 is 2.57 bits per heavy atom. The third kappa shape index (κ3) is 3.48. The van der Waals surface area contributed by atoms with Crippen LogP contribution in [0.3, 0.4) is 0 Å². The molecule has 0 spiro atoms. The van der Waals surface area contributed by atoms with Crippen LogP contribution < -0.4 is 5.32 Å². The summed E-state index contributed by atoms with van der Waals surface area (Å²) in [6, 6.07) is 0.